The van der Waals surface area contributed by atoms with E-state index in [2.05, 4.69) is 22.8 Å². The fraction of sp³-hybridized carbons (Fsp3) is 0.267. The van der Waals surface area contributed by atoms with E-state index in [9.17, 15) is 4.79 Å². The highest BCUT2D eigenvalue weighted by atomic mass is 16.2. The van der Waals surface area contributed by atoms with Gasteiger partial charge in [-0.2, -0.15) is 0 Å². The smallest absolute Gasteiger partial charge is 0.245 e. The Morgan fingerprint density at radius 3 is 2.72 bits per heavy atom. The van der Waals surface area contributed by atoms with Gasteiger partial charge in [-0.25, -0.2) is 0 Å². The molecule has 0 saturated heterocycles. The van der Waals surface area contributed by atoms with Crippen molar-refractivity contribution < 1.29 is 4.79 Å². The summed E-state index contributed by atoms with van der Waals surface area (Å²) < 4.78 is 2.06. The van der Waals surface area contributed by atoms with Gasteiger partial charge in [-0.05, 0) is 24.6 Å². The molecular formula is C15H16N2O. The second kappa shape index (κ2) is 4.33. The van der Waals surface area contributed by atoms with Crippen LogP contribution in [0.15, 0.2) is 48.7 Å². The van der Waals surface area contributed by atoms with Gasteiger partial charge in [0.25, 0.3) is 0 Å². The lowest BCUT2D eigenvalue weighted by molar-refractivity contribution is -0.137. The molecule has 3 heteroatoms. The Bertz CT molecular complexity index is 559. The zero-order chi connectivity index (χ0) is 12.5. The Labute approximate surface area is 107 Å². The van der Waals surface area contributed by atoms with E-state index < -0.39 is 0 Å². The standard InChI is InChI=1S/C15H16N2O/c1-12-15(18)16(10-13-6-3-2-4-7-13)11-14-8-5-9-17(12)14/h2-9,12H,10-11H2,1H3/t12-/m0/s1. The van der Waals surface area contributed by atoms with Crippen LogP contribution in [-0.2, 0) is 17.9 Å². The van der Waals surface area contributed by atoms with Gasteiger partial charge in [0.1, 0.15) is 6.04 Å². The van der Waals surface area contributed by atoms with Crippen molar-refractivity contribution in [1.82, 2.24) is 9.47 Å². The number of hydrogen-bond acceptors (Lipinski definition) is 1. The molecule has 2 heterocycles. The molecule has 1 amide bonds. The molecule has 1 atom stereocenters. The van der Waals surface area contributed by atoms with Crippen molar-refractivity contribution in [3.63, 3.8) is 0 Å². The topological polar surface area (TPSA) is 25.2 Å². The largest absolute Gasteiger partial charge is 0.338 e. The molecule has 0 bridgehead atoms. The molecule has 3 rings (SSSR count). The van der Waals surface area contributed by atoms with Crippen molar-refractivity contribution in [2.24, 2.45) is 0 Å². The van der Waals surface area contributed by atoms with Crippen molar-refractivity contribution in [1.29, 1.82) is 0 Å². The highest BCUT2D eigenvalue weighted by Crippen LogP contribution is 2.24. The normalized spacial score (nSPS) is 18.8. The van der Waals surface area contributed by atoms with Gasteiger partial charge in [0.2, 0.25) is 5.91 Å². The summed E-state index contributed by atoms with van der Waals surface area (Å²) in [4.78, 5) is 14.2. The summed E-state index contributed by atoms with van der Waals surface area (Å²) in [6.45, 7) is 3.35. The van der Waals surface area contributed by atoms with Gasteiger partial charge in [-0.15, -0.1) is 0 Å². The summed E-state index contributed by atoms with van der Waals surface area (Å²) in [5.41, 5.74) is 2.39. The third-order valence-corrected chi connectivity index (χ3v) is 3.52. The third-order valence-electron chi connectivity index (χ3n) is 3.52. The minimum Gasteiger partial charge on any atom is -0.338 e. The fourth-order valence-corrected chi connectivity index (χ4v) is 2.54. The van der Waals surface area contributed by atoms with E-state index >= 15 is 0 Å². The number of hydrogen-bond donors (Lipinski definition) is 0. The summed E-state index contributed by atoms with van der Waals surface area (Å²) >= 11 is 0. The summed E-state index contributed by atoms with van der Waals surface area (Å²) in [6, 6.07) is 14.1. The summed E-state index contributed by atoms with van der Waals surface area (Å²) in [6.07, 6.45) is 1.98. The van der Waals surface area contributed by atoms with Crippen molar-refractivity contribution in [3.8, 4) is 0 Å². The lowest BCUT2D eigenvalue weighted by atomic mass is 10.1. The lowest BCUT2D eigenvalue weighted by Crippen LogP contribution is -2.40. The monoisotopic (exact) mass is 240 g/mol. The SMILES string of the molecule is C[C@H]1C(=O)N(Cc2ccccc2)Cc2cccn21. The van der Waals surface area contributed by atoms with Crippen LogP contribution in [0.1, 0.15) is 24.2 Å². The van der Waals surface area contributed by atoms with E-state index in [1.807, 2.05) is 42.3 Å². The second-order valence-corrected chi connectivity index (χ2v) is 4.76. The first-order valence-corrected chi connectivity index (χ1v) is 6.24. The number of fused-ring (bicyclic) bond motifs is 1. The Kier molecular flexibility index (Phi) is 2.67. The lowest BCUT2D eigenvalue weighted by Gasteiger charge is -2.32. The Morgan fingerprint density at radius 1 is 1.17 bits per heavy atom. The molecule has 92 valence electrons. The maximum Gasteiger partial charge on any atom is 0.245 e. The molecule has 2 aromatic rings. The van der Waals surface area contributed by atoms with Crippen LogP contribution in [0.3, 0.4) is 0 Å². The molecule has 0 saturated carbocycles. The van der Waals surface area contributed by atoms with Gasteiger partial charge in [0.15, 0.2) is 0 Å². The second-order valence-electron chi connectivity index (χ2n) is 4.76. The summed E-state index contributed by atoms with van der Waals surface area (Å²) in [7, 11) is 0. The quantitative estimate of drug-likeness (QED) is 0.792. The van der Waals surface area contributed by atoms with Gasteiger partial charge in [0.05, 0.1) is 6.54 Å². The van der Waals surface area contributed by atoms with E-state index in [-0.39, 0.29) is 11.9 Å². The molecule has 0 N–H and O–H groups in total. The van der Waals surface area contributed by atoms with Gasteiger partial charge < -0.3 is 9.47 Å². The number of benzene rings is 1. The molecule has 1 aromatic carbocycles. The number of aromatic nitrogens is 1. The molecule has 0 radical (unpaired) electrons. The molecule has 18 heavy (non-hydrogen) atoms. The first-order chi connectivity index (χ1) is 8.75. The van der Waals surface area contributed by atoms with Crippen LogP contribution in [0.5, 0.6) is 0 Å². The number of nitrogens with zero attached hydrogens (tertiary/aromatic N) is 2. The zero-order valence-electron chi connectivity index (χ0n) is 10.4. The average molecular weight is 240 g/mol. The van der Waals surface area contributed by atoms with Gasteiger partial charge in [-0.1, -0.05) is 30.3 Å². The van der Waals surface area contributed by atoms with Crippen molar-refractivity contribution in [3.05, 3.63) is 59.9 Å². The first-order valence-electron chi connectivity index (χ1n) is 6.24. The molecule has 3 nitrogen and oxygen atoms in total. The molecule has 0 unspecified atom stereocenters. The van der Waals surface area contributed by atoms with E-state index in [1.165, 1.54) is 11.3 Å². The molecule has 1 aliphatic heterocycles. The molecule has 1 aliphatic rings. The molecule has 0 spiro atoms. The predicted octanol–water partition coefficient (Wildman–Crippen LogP) is 2.59. The van der Waals surface area contributed by atoms with Gasteiger partial charge in [0, 0.05) is 18.4 Å². The number of carbonyl (C=O) groups is 1. The van der Waals surface area contributed by atoms with Crippen LogP contribution in [0, 0.1) is 0 Å². The Hall–Kier alpha value is -2.03. The minimum atomic E-state index is -0.0903. The molecule has 1 aromatic heterocycles. The predicted molar refractivity (Wildman–Crippen MR) is 69.8 cm³/mol. The van der Waals surface area contributed by atoms with Crippen LogP contribution in [0.2, 0.25) is 0 Å². The minimum absolute atomic E-state index is 0.0903. The average Bonchev–Trinajstić information content (AvgIpc) is 2.85. The maximum absolute atomic E-state index is 12.3. The first kappa shape index (κ1) is 11.1. The molecule has 0 aliphatic carbocycles. The van der Waals surface area contributed by atoms with Gasteiger partial charge >= 0.3 is 0 Å². The van der Waals surface area contributed by atoms with Crippen LogP contribution in [-0.4, -0.2) is 15.4 Å². The highest BCUT2D eigenvalue weighted by molar-refractivity contribution is 5.81. The van der Waals surface area contributed by atoms with E-state index in [0.29, 0.717) is 13.1 Å². The van der Waals surface area contributed by atoms with Crippen LogP contribution in [0.4, 0.5) is 0 Å². The Balaban J connectivity index is 1.85. The highest BCUT2D eigenvalue weighted by Gasteiger charge is 2.28. The van der Waals surface area contributed by atoms with Crippen molar-refractivity contribution >= 4 is 5.91 Å². The van der Waals surface area contributed by atoms with Crippen LogP contribution < -0.4 is 0 Å². The maximum atomic E-state index is 12.3. The molecule has 0 fully saturated rings. The fourth-order valence-electron chi connectivity index (χ4n) is 2.54. The molecular weight excluding hydrogens is 224 g/mol. The van der Waals surface area contributed by atoms with Crippen molar-refractivity contribution in [2.75, 3.05) is 0 Å². The van der Waals surface area contributed by atoms with Crippen LogP contribution in [0.25, 0.3) is 0 Å². The summed E-state index contributed by atoms with van der Waals surface area (Å²) in [5.74, 6) is 0.197. The Morgan fingerprint density at radius 2 is 1.94 bits per heavy atom. The number of rotatable bonds is 2. The van der Waals surface area contributed by atoms with Crippen molar-refractivity contribution in [2.45, 2.75) is 26.1 Å². The third kappa shape index (κ3) is 1.82. The van der Waals surface area contributed by atoms with E-state index in [1.54, 1.807) is 0 Å². The number of carbonyl (C=O) groups excluding carboxylic acids is 1. The van der Waals surface area contributed by atoms with Gasteiger partial charge in [-0.3, -0.25) is 4.79 Å². The van der Waals surface area contributed by atoms with Crippen LogP contribution >= 0.6 is 0 Å². The number of amides is 1. The van der Waals surface area contributed by atoms with E-state index in [4.69, 9.17) is 0 Å². The van der Waals surface area contributed by atoms with E-state index in [0.717, 1.165) is 0 Å². The summed E-state index contributed by atoms with van der Waals surface area (Å²) in [5, 5.41) is 0. The zero-order valence-corrected chi connectivity index (χ0v) is 10.4.